The van der Waals surface area contributed by atoms with E-state index in [-0.39, 0.29) is 28.9 Å². The molecule has 0 bridgehead atoms. The maximum atomic E-state index is 13.1. The van der Waals surface area contributed by atoms with Gasteiger partial charge in [-0.1, -0.05) is 13.8 Å². The second-order valence-electron chi connectivity index (χ2n) is 8.56. The third-order valence-corrected chi connectivity index (χ3v) is 5.99. The van der Waals surface area contributed by atoms with Gasteiger partial charge in [0.05, 0.1) is 13.2 Å². The van der Waals surface area contributed by atoms with E-state index in [1.165, 1.54) is 0 Å². The van der Waals surface area contributed by atoms with E-state index in [2.05, 4.69) is 13.8 Å². The average molecular weight is 404 g/mol. The zero-order valence-corrected chi connectivity index (χ0v) is 17.9. The first-order valence-electron chi connectivity index (χ1n) is 10.7. The fourth-order valence-electron chi connectivity index (χ4n) is 4.03. The standard InChI is InChI=1S/C22H33N3O4/c1-16(2)4-8-23-9-5-17(3)19(21(23)27)22(28)24-10-6-18(7-11-24)20(26)25-12-14-29-15-13-25/h5,9,16,18H,4,6-8,10-15H2,1-3H3. The van der Waals surface area contributed by atoms with Crippen molar-refractivity contribution in [1.82, 2.24) is 14.4 Å². The third kappa shape index (κ3) is 5.07. The van der Waals surface area contributed by atoms with Gasteiger partial charge in [-0.15, -0.1) is 0 Å². The first-order chi connectivity index (χ1) is 13.9. The van der Waals surface area contributed by atoms with Crippen molar-refractivity contribution in [1.29, 1.82) is 0 Å². The molecule has 7 heteroatoms. The van der Waals surface area contributed by atoms with Crippen LogP contribution in [0.2, 0.25) is 0 Å². The number of aryl methyl sites for hydroxylation is 2. The number of hydrogen-bond acceptors (Lipinski definition) is 4. The van der Waals surface area contributed by atoms with Crippen LogP contribution < -0.4 is 5.56 Å². The van der Waals surface area contributed by atoms with Crippen molar-refractivity contribution in [3.05, 3.63) is 33.7 Å². The molecule has 1 aromatic rings. The molecule has 0 unspecified atom stereocenters. The van der Waals surface area contributed by atoms with E-state index in [1.54, 1.807) is 15.7 Å². The van der Waals surface area contributed by atoms with Crippen molar-refractivity contribution in [3.8, 4) is 0 Å². The molecular formula is C22H33N3O4. The van der Waals surface area contributed by atoms with Gasteiger partial charge in [0.2, 0.25) is 5.91 Å². The minimum atomic E-state index is -0.206. The lowest BCUT2D eigenvalue weighted by Crippen LogP contribution is -2.48. The molecule has 2 amide bonds. The highest BCUT2D eigenvalue weighted by molar-refractivity contribution is 5.95. The van der Waals surface area contributed by atoms with E-state index in [1.807, 2.05) is 17.9 Å². The number of likely N-dealkylation sites (tertiary alicyclic amines) is 1. The van der Waals surface area contributed by atoms with Gasteiger partial charge in [0, 0.05) is 44.8 Å². The Morgan fingerprint density at radius 3 is 2.38 bits per heavy atom. The molecule has 0 atom stereocenters. The maximum Gasteiger partial charge on any atom is 0.263 e. The number of rotatable bonds is 5. The zero-order chi connectivity index (χ0) is 21.0. The van der Waals surface area contributed by atoms with Gasteiger partial charge >= 0.3 is 0 Å². The predicted octanol–water partition coefficient (Wildman–Crippen LogP) is 1.91. The maximum absolute atomic E-state index is 13.1. The van der Waals surface area contributed by atoms with Gasteiger partial charge < -0.3 is 19.1 Å². The van der Waals surface area contributed by atoms with E-state index in [4.69, 9.17) is 4.74 Å². The van der Waals surface area contributed by atoms with Gasteiger partial charge in [-0.05, 0) is 43.7 Å². The summed E-state index contributed by atoms with van der Waals surface area (Å²) in [5, 5.41) is 0. The van der Waals surface area contributed by atoms with E-state index < -0.39 is 0 Å². The molecule has 0 spiro atoms. The molecular weight excluding hydrogens is 370 g/mol. The first-order valence-corrected chi connectivity index (χ1v) is 10.7. The Morgan fingerprint density at radius 1 is 1.10 bits per heavy atom. The Hall–Kier alpha value is -2.15. The summed E-state index contributed by atoms with van der Waals surface area (Å²) in [7, 11) is 0. The largest absolute Gasteiger partial charge is 0.378 e. The number of nitrogens with zero attached hydrogens (tertiary/aromatic N) is 3. The van der Waals surface area contributed by atoms with Gasteiger partial charge in [0.15, 0.2) is 0 Å². The monoisotopic (exact) mass is 403 g/mol. The first kappa shape index (κ1) is 21.6. The van der Waals surface area contributed by atoms with Crippen molar-refractivity contribution >= 4 is 11.8 Å². The summed E-state index contributed by atoms with van der Waals surface area (Å²) in [4.78, 5) is 42.3. The summed E-state index contributed by atoms with van der Waals surface area (Å²) < 4.78 is 6.97. The second-order valence-corrected chi connectivity index (χ2v) is 8.56. The minimum Gasteiger partial charge on any atom is -0.378 e. The minimum absolute atomic E-state index is 0.0447. The molecule has 0 radical (unpaired) electrons. The number of morpholine rings is 1. The van der Waals surface area contributed by atoms with Gasteiger partial charge in [0.25, 0.3) is 11.5 Å². The van der Waals surface area contributed by atoms with Crippen LogP contribution in [-0.2, 0) is 16.1 Å². The molecule has 1 aromatic heterocycles. The molecule has 0 aromatic carbocycles. The van der Waals surface area contributed by atoms with Gasteiger partial charge in [-0.3, -0.25) is 14.4 Å². The molecule has 3 rings (SSSR count). The number of hydrogen-bond donors (Lipinski definition) is 0. The van der Waals surface area contributed by atoms with Crippen LogP contribution >= 0.6 is 0 Å². The number of amides is 2. The molecule has 2 fully saturated rings. The predicted molar refractivity (Wildman–Crippen MR) is 111 cm³/mol. The molecule has 7 nitrogen and oxygen atoms in total. The quantitative estimate of drug-likeness (QED) is 0.753. The van der Waals surface area contributed by atoms with Crippen LogP contribution in [0.15, 0.2) is 17.1 Å². The van der Waals surface area contributed by atoms with Crippen LogP contribution in [0.3, 0.4) is 0 Å². The lowest BCUT2D eigenvalue weighted by molar-refractivity contribution is -0.141. The molecule has 29 heavy (non-hydrogen) atoms. The highest BCUT2D eigenvalue weighted by Crippen LogP contribution is 2.22. The highest BCUT2D eigenvalue weighted by atomic mass is 16.5. The fourth-order valence-corrected chi connectivity index (χ4v) is 4.03. The van der Waals surface area contributed by atoms with Gasteiger partial charge in [-0.2, -0.15) is 0 Å². The summed E-state index contributed by atoms with van der Waals surface area (Å²) >= 11 is 0. The number of carbonyl (C=O) groups is 2. The molecule has 0 aliphatic carbocycles. The Kier molecular flexibility index (Phi) is 7.11. The second kappa shape index (κ2) is 9.57. The fraction of sp³-hybridized carbons (Fsp3) is 0.682. The van der Waals surface area contributed by atoms with Crippen molar-refractivity contribution in [2.24, 2.45) is 11.8 Å². The SMILES string of the molecule is Cc1ccn(CCC(C)C)c(=O)c1C(=O)N1CCC(C(=O)N2CCOCC2)CC1. The van der Waals surface area contributed by atoms with Crippen molar-refractivity contribution in [3.63, 3.8) is 0 Å². The zero-order valence-electron chi connectivity index (χ0n) is 17.9. The Labute approximate surface area is 172 Å². The van der Waals surface area contributed by atoms with E-state index in [9.17, 15) is 14.4 Å². The summed E-state index contributed by atoms with van der Waals surface area (Å²) in [5.74, 6) is 0.415. The topological polar surface area (TPSA) is 71.9 Å². The molecule has 2 saturated heterocycles. The van der Waals surface area contributed by atoms with E-state index in [0.29, 0.717) is 70.3 Å². The van der Waals surface area contributed by atoms with E-state index in [0.717, 1.165) is 6.42 Å². The lowest BCUT2D eigenvalue weighted by atomic mass is 9.94. The Bertz CT molecular complexity index is 788. The number of piperidine rings is 1. The van der Waals surface area contributed by atoms with Gasteiger partial charge in [-0.25, -0.2) is 0 Å². The summed E-state index contributed by atoms with van der Waals surface area (Å²) in [6.07, 6.45) is 3.97. The van der Waals surface area contributed by atoms with Crippen LogP contribution in [0.25, 0.3) is 0 Å². The van der Waals surface area contributed by atoms with Crippen LogP contribution in [0.1, 0.15) is 49.0 Å². The third-order valence-electron chi connectivity index (χ3n) is 5.99. The number of carbonyl (C=O) groups excluding carboxylic acids is 2. The lowest BCUT2D eigenvalue weighted by Gasteiger charge is -2.35. The highest BCUT2D eigenvalue weighted by Gasteiger charge is 2.32. The van der Waals surface area contributed by atoms with Crippen LogP contribution in [0.4, 0.5) is 0 Å². The van der Waals surface area contributed by atoms with Crippen LogP contribution in [0.5, 0.6) is 0 Å². The normalized spacial score (nSPS) is 18.3. The van der Waals surface area contributed by atoms with E-state index >= 15 is 0 Å². The van der Waals surface area contributed by atoms with Crippen molar-refractivity contribution in [2.45, 2.75) is 46.6 Å². The van der Waals surface area contributed by atoms with Crippen molar-refractivity contribution < 1.29 is 14.3 Å². The summed E-state index contributed by atoms with van der Waals surface area (Å²) in [6, 6.07) is 1.85. The number of aromatic nitrogens is 1. The van der Waals surface area contributed by atoms with Crippen molar-refractivity contribution in [2.75, 3.05) is 39.4 Å². The molecule has 0 saturated carbocycles. The van der Waals surface area contributed by atoms with Crippen LogP contribution in [-0.4, -0.2) is 65.6 Å². The Morgan fingerprint density at radius 2 is 1.76 bits per heavy atom. The van der Waals surface area contributed by atoms with Gasteiger partial charge in [0.1, 0.15) is 5.56 Å². The number of pyridine rings is 1. The average Bonchev–Trinajstić information content (AvgIpc) is 2.73. The molecule has 2 aliphatic rings. The Balaban J connectivity index is 1.65. The molecule has 0 N–H and O–H groups in total. The summed E-state index contributed by atoms with van der Waals surface area (Å²) in [5.41, 5.74) is 0.781. The smallest absolute Gasteiger partial charge is 0.263 e. The summed E-state index contributed by atoms with van der Waals surface area (Å²) in [6.45, 7) is 10.2. The molecule has 2 aliphatic heterocycles. The van der Waals surface area contributed by atoms with Crippen LogP contribution in [0, 0.1) is 18.8 Å². The molecule has 160 valence electrons. The number of ether oxygens (including phenoxy) is 1. The molecule has 3 heterocycles.